The zero-order valence-electron chi connectivity index (χ0n) is 12.9. The molecule has 21 heavy (non-hydrogen) atoms. The molecule has 1 N–H and O–H groups in total. The summed E-state index contributed by atoms with van der Waals surface area (Å²) in [6.45, 7) is 7.17. The van der Waals surface area contributed by atoms with Crippen LogP contribution in [0, 0.1) is 13.8 Å². The van der Waals surface area contributed by atoms with Crippen LogP contribution in [0.2, 0.25) is 5.02 Å². The Morgan fingerprint density at radius 2 is 2.14 bits per heavy atom. The van der Waals surface area contributed by atoms with Gasteiger partial charge in [0.15, 0.2) is 0 Å². The second-order valence-electron chi connectivity index (χ2n) is 4.96. The van der Waals surface area contributed by atoms with Gasteiger partial charge in [-0.1, -0.05) is 18.5 Å². The van der Waals surface area contributed by atoms with Crippen molar-refractivity contribution < 1.29 is 4.74 Å². The molecule has 1 atom stereocenters. The predicted octanol–water partition coefficient (Wildman–Crippen LogP) is 4.51. The number of halogens is 1. The van der Waals surface area contributed by atoms with Crippen molar-refractivity contribution in [2.75, 3.05) is 13.7 Å². The number of hydrogen-bond acceptors (Lipinski definition) is 4. The van der Waals surface area contributed by atoms with E-state index in [4.69, 9.17) is 16.3 Å². The van der Waals surface area contributed by atoms with Crippen LogP contribution in [0.25, 0.3) is 0 Å². The minimum Gasteiger partial charge on any atom is -0.496 e. The van der Waals surface area contributed by atoms with E-state index < -0.39 is 0 Å². The van der Waals surface area contributed by atoms with E-state index in [1.165, 1.54) is 4.88 Å². The Morgan fingerprint density at radius 1 is 1.38 bits per heavy atom. The molecular weight excluding hydrogens is 304 g/mol. The molecule has 0 bridgehead atoms. The van der Waals surface area contributed by atoms with Crippen LogP contribution in [0.1, 0.15) is 40.5 Å². The monoisotopic (exact) mass is 324 g/mol. The second kappa shape index (κ2) is 7.25. The van der Waals surface area contributed by atoms with Crippen LogP contribution >= 0.6 is 22.9 Å². The lowest BCUT2D eigenvalue weighted by Crippen LogP contribution is -2.23. The van der Waals surface area contributed by atoms with Gasteiger partial charge in [0.25, 0.3) is 0 Å². The summed E-state index contributed by atoms with van der Waals surface area (Å²) < 4.78 is 5.52. The van der Waals surface area contributed by atoms with Gasteiger partial charge in [-0.25, -0.2) is 4.98 Å². The maximum absolute atomic E-state index is 6.19. The second-order valence-corrected chi connectivity index (χ2v) is 6.63. The van der Waals surface area contributed by atoms with Crippen molar-refractivity contribution in [3.63, 3.8) is 0 Å². The molecular formula is C16H21ClN2OS. The molecule has 0 aliphatic carbocycles. The van der Waals surface area contributed by atoms with Crippen LogP contribution in [0.4, 0.5) is 0 Å². The van der Waals surface area contributed by atoms with E-state index in [1.807, 2.05) is 25.1 Å². The van der Waals surface area contributed by atoms with Gasteiger partial charge in [0.1, 0.15) is 5.75 Å². The topological polar surface area (TPSA) is 34.1 Å². The summed E-state index contributed by atoms with van der Waals surface area (Å²) in [5.41, 5.74) is 2.12. The highest BCUT2D eigenvalue weighted by Crippen LogP contribution is 2.36. The molecule has 0 saturated heterocycles. The van der Waals surface area contributed by atoms with Crippen LogP contribution in [0.3, 0.4) is 0 Å². The number of ether oxygens (including phenoxy) is 1. The number of methoxy groups -OCH3 is 1. The molecule has 0 aliphatic heterocycles. The number of benzene rings is 1. The van der Waals surface area contributed by atoms with Gasteiger partial charge in [-0.05, 0) is 45.0 Å². The molecule has 2 aromatic rings. The van der Waals surface area contributed by atoms with Gasteiger partial charge in [0.05, 0.1) is 23.9 Å². The third-order valence-electron chi connectivity index (χ3n) is 3.30. The summed E-state index contributed by atoms with van der Waals surface area (Å²) in [6, 6.07) is 5.81. The molecule has 0 spiro atoms. The summed E-state index contributed by atoms with van der Waals surface area (Å²) in [6.07, 6.45) is 1.07. The van der Waals surface area contributed by atoms with Gasteiger partial charge in [0.2, 0.25) is 0 Å². The lowest BCUT2D eigenvalue weighted by molar-refractivity contribution is 0.404. The third-order valence-corrected chi connectivity index (χ3v) is 4.68. The fraction of sp³-hybridized carbons (Fsp3) is 0.438. The van der Waals surface area contributed by atoms with Crippen LogP contribution in [-0.2, 0) is 0 Å². The van der Waals surface area contributed by atoms with Crippen molar-refractivity contribution in [3.8, 4) is 5.75 Å². The van der Waals surface area contributed by atoms with Crippen LogP contribution in [0.5, 0.6) is 5.75 Å². The zero-order valence-corrected chi connectivity index (χ0v) is 14.4. The average Bonchev–Trinajstić information content (AvgIpc) is 2.78. The number of nitrogens with zero attached hydrogens (tertiary/aromatic N) is 1. The van der Waals surface area contributed by atoms with E-state index in [9.17, 15) is 0 Å². The highest BCUT2D eigenvalue weighted by atomic mass is 35.5. The van der Waals surface area contributed by atoms with Gasteiger partial charge < -0.3 is 10.1 Å². The van der Waals surface area contributed by atoms with E-state index in [0.717, 1.165) is 35.0 Å². The Hall–Kier alpha value is -1.10. The van der Waals surface area contributed by atoms with Crippen molar-refractivity contribution in [3.05, 3.63) is 44.4 Å². The summed E-state index contributed by atoms with van der Waals surface area (Å²) in [5.74, 6) is 0.846. The average molecular weight is 325 g/mol. The number of aromatic nitrogens is 1. The molecule has 1 aromatic heterocycles. The maximum Gasteiger partial charge on any atom is 0.124 e. The minimum absolute atomic E-state index is 0.0600. The predicted molar refractivity (Wildman–Crippen MR) is 89.7 cm³/mol. The van der Waals surface area contributed by atoms with Gasteiger partial charge >= 0.3 is 0 Å². The molecule has 0 saturated carbocycles. The molecule has 5 heteroatoms. The van der Waals surface area contributed by atoms with Gasteiger partial charge in [-0.2, -0.15) is 0 Å². The Balaban J connectivity index is 2.50. The Bertz CT molecular complexity index is 612. The van der Waals surface area contributed by atoms with Crippen molar-refractivity contribution in [1.29, 1.82) is 0 Å². The third kappa shape index (κ3) is 3.76. The number of thiazole rings is 1. The van der Waals surface area contributed by atoms with Crippen LogP contribution < -0.4 is 10.1 Å². The molecule has 1 unspecified atom stereocenters. The molecule has 1 heterocycles. The van der Waals surface area contributed by atoms with Crippen LogP contribution in [-0.4, -0.2) is 18.6 Å². The number of hydrogen-bond donors (Lipinski definition) is 1. The summed E-state index contributed by atoms with van der Waals surface area (Å²) in [4.78, 5) is 5.77. The Morgan fingerprint density at radius 3 is 2.71 bits per heavy atom. The summed E-state index contributed by atoms with van der Waals surface area (Å²) in [7, 11) is 1.69. The zero-order chi connectivity index (χ0) is 15.4. The first-order valence-corrected chi connectivity index (χ1v) is 8.27. The quantitative estimate of drug-likeness (QED) is 0.848. The smallest absolute Gasteiger partial charge is 0.124 e. The summed E-state index contributed by atoms with van der Waals surface area (Å²) >= 11 is 7.91. The van der Waals surface area contributed by atoms with Gasteiger partial charge in [-0.3, -0.25) is 0 Å². The fourth-order valence-corrected chi connectivity index (χ4v) is 3.58. The molecule has 3 nitrogen and oxygen atoms in total. The lowest BCUT2D eigenvalue weighted by Gasteiger charge is -2.21. The highest BCUT2D eigenvalue weighted by Gasteiger charge is 2.22. The Kier molecular flexibility index (Phi) is 5.62. The molecule has 0 amide bonds. The van der Waals surface area contributed by atoms with Gasteiger partial charge in [-0.15, -0.1) is 11.3 Å². The van der Waals surface area contributed by atoms with Crippen molar-refractivity contribution >= 4 is 22.9 Å². The van der Waals surface area contributed by atoms with Gasteiger partial charge in [0, 0.05) is 15.5 Å². The molecule has 0 aliphatic rings. The van der Waals surface area contributed by atoms with Crippen LogP contribution in [0.15, 0.2) is 18.2 Å². The Labute approximate surface area is 135 Å². The highest BCUT2D eigenvalue weighted by molar-refractivity contribution is 7.11. The molecule has 0 radical (unpaired) electrons. The SMILES string of the molecule is CCCNC(c1cc(Cl)ccc1OC)c1sc(C)nc1C. The van der Waals surface area contributed by atoms with Crippen molar-refractivity contribution in [2.24, 2.45) is 0 Å². The van der Waals surface area contributed by atoms with Crippen molar-refractivity contribution in [1.82, 2.24) is 10.3 Å². The number of rotatable bonds is 6. The first kappa shape index (κ1) is 16.3. The largest absolute Gasteiger partial charge is 0.496 e. The van der Waals surface area contributed by atoms with E-state index in [0.29, 0.717) is 5.02 Å². The standard InChI is InChI=1S/C16H21ClN2OS/c1-5-8-18-15(16-10(2)19-11(3)21-16)13-9-12(17)6-7-14(13)20-4/h6-7,9,15,18H,5,8H2,1-4H3. The molecule has 114 valence electrons. The molecule has 2 rings (SSSR count). The fourth-order valence-electron chi connectivity index (χ4n) is 2.38. The first-order chi connectivity index (χ1) is 10.1. The maximum atomic E-state index is 6.19. The summed E-state index contributed by atoms with van der Waals surface area (Å²) in [5, 5.41) is 5.38. The van der Waals surface area contributed by atoms with E-state index in [-0.39, 0.29) is 6.04 Å². The normalized spacial score (nSPS) is 12.4. The molecule has 0 fully saturated rings. The van der Waals surface area contributed by atoms with E-state index in [2.05, 4.69) is 24.1 Å². The van der Waals surface area contributed by atoms with E-state index in [1.54, 1.807) is 18.4 Å². The minimum atomic E-state index is 0.0600. The van der Waals surface area contributed by atoms with E-state index >= 15 is 0 Å². The van der Waals surface area contributed by atoms with Crippen molar-refractivity contribution in [2.45, 2.75) is 33.2 Å². The number of nitrogens with one attached hydrogen (secondary N) is 1. The lowest BCUT2D eigenvalue weighted by atomic mass is 10.0. The first-order valence-electron chi connectivity index (χ1n) is 7.07. The number of aryl methyl sites for hydroxylation is 2. The molecule has 1 aromatic carbocycles.